The molecule has 0 saturated carbocycles. The van der Waals surface area contributed by atoms with Gasteiger partial charge in [-0.25, -0.2) is 0 Å². The molecule has 0 saturated heterocycles. The zero-order chi connectivity index (χ0) is 16.1. The second-order valence-corrected chi connectivity index (χ2v) is 4.90. The molecule has 0 aliphatic carbocycles. The van der Waals surface area contributed by atoms with Crippen molar-refractivity contribution in [3.8, 4) is 34.8 Å². The van der Waals surface area contributed by atoms with Gasteiger partial charge in [-0.05, 0) is 35.4 Å². The minimum Gasteiger partial charge on any atom is -0.456 e. The number of benzene rings is 3. The summed E-state index contributed by atoms with van der Waals surface area (Å²) in [5.74, 6) is 1.01. The van der Waals surface area contributed by atoms with Crippen LogP contribution in [0.4, 0.5) is 0 Å². The molecule has 23 heavy (non-hydrogen) atoms. The second-order valence-electron chi connectivity index (χ2n) is 4.90. The topological polar surface area (TPSA) is 56.8 Å². The lowest BCUT2D eigenvalue weighted by Gasteiger charge is -2.10. The van der Waals surface area contributed by atoms with Crippen LogP contribution in [-0.4, -0.2) is 0 Å². The van der Waals surface area contributed by atoms with Crippen LogP contribution in [0.2, 0.25) is 0 Å². The number of hydrogen-bond acceptors (Lipinski definition) is 3. The first-order valence-electron chi connectivity index (χ1n) is 7.08. The summed E-state index contributed by atoms with van der Waals surface area (Å²) >= 11 is 0. The Morgan fingerprint density at radius 2 is 1.43 bits per heavy atom. The lowest BCUT2D eigenvalue weighted by Crippen LogP contribution is -1.91. The lowest BCUT2D eigenvalue weighted by atomic mass is 10.1. The average Bonchev–Trinajstić information content (AvgIpc) is 2.62. The Labute approximate surface area is 134 Å². The monoisotopic (exact) mass is 296 g/mol. The van der Waals surface area contributed by atoms with E-state index in [0.29, 0.717) is 17.1 Å². The fourth-order valence-electron chi connectivity index (χ4n) is 2.32. The van der Waals surface area contributed by atoms with E-state index in [-0.39, 0.29) is 5.56 Å². The molecule has 0 amide bonds. The normalized spacial score (nSPS) is 9.65. The quantitative estimate of drug-likeness (QED) is 0.691. The maximum absolute atomic E-state index is 9.26. The van der Waals surface area contributed by atoms with E-state index >= 15 is 0 Å². The first kappa shape index (κ1) is 14.4. The van der Waals surface area contributed by atoms with Crippen molar-refractivity contribution in [2.75, 3.05) is 0 Å². The van der Waals surface area contributed by atoms with Crippen LogP contribution in [0.15, 0.2) is 72.8 Å². The number of nitriles is 2. The fraction of sp³-hybridized carbons (Fsp3) is 0. The van der Waals surface area contributed by atoms with Crippen molar-refractivity contribution in [3.05, 3.63) is 83.9 Å². The summed E-state index contributed by atoms with van der Waals surface area (Å²) in [5, 5.41) is 18.3. The van der Waals surface area contributed by atoms with Gasteiger partial charge in [0, 0.05) is 0 Å². The third-order valence-electron chi connectivity index (χ3n) is 3.43. The highest BCUT2D eigenvalue weighted by molar-refractivity contribution is 5.65. The van der Waals surface area contributed by atoms with Gasteiger partial charge in [-0.15, -0.1) is 0 Å². The first-order chi connectivity index (χ1) is 11.3. The number of ether oxygens (including phenoxy) is 1. The smallest absolute Gasteiger partial charge is 0.146 e. The zero-order valence-corrected chi connectivity index (χ0v) is 12.2. The summed E-state index contributed by atoms with van der Waals surface area (Å²) in [6.07, 6.45) is 0. The van der Waals surface area contributed by atoms with Crippen LogP contribution < -0.4 is 4.74 Å². The van der Waals surface area contributed by atoms with E-state index < -0.39 is 0 Å². The molecular weight excluding hydrogens is 284 g/mol. The molecule has 0 spiro atoms. The Morgan fingerprint density at radius 1 is 0.696 bits per heavy atom. The van der Waals surface area contributed by atoms with E-state index in [1.54, 1.807) is 18.2 Å². The van der Waals surface area contributed by atoms with E-state index in [1.807, 2.05) is 66.7 Å². The molecule has 3 nitrogen and oxygen atoms in total. The van der Waals surface area contributed by atoms with Crippen molar-refractivity contribution in [1.29, 1.82) is 10.5 Å². The Balaban J connectivity index is 1.97. The van der Waals surface area contributed by atoms with E-state index in [4.69, 9.17) is 10.00 Å². The molecule has 3 aromatic rings. The third kappa shape index (κ3) is 3.05. The molecule has 0 fully saturated rings. The molecule has 0 heterocycles. The summed E-state index contributed by atoms with van der Waals surface area (Å²) in [5.41, 5.74) is 2.67. The highest BCUT2D eigenvalue weighted by Crippen LogP contribution is 2.30. The minimum absolute atomic E-state index is 0.250. The Morgan fingerprint density at radius 3 is 2.17 bits per heavy atom. The van der Waals surface area contributed by atoms with E-state index in [9.17, 15) is 5.26 Å². The predicted octanol–water partition coefficient (Wildman–Crippen LogP) is 4.89. The average molecular weight is 296 g/mol. The molecule has 0 aliphatic rings. The molecule has 0 atom stereocenters. The lowest BCUT2D eigenvalue weighted by molar-refractivity contribution is 0.481. The van der Waals surface area contributed by atoms with Crippen LogP contribution in [0, 0.1) is 22.7 Å². The molecule has 3 aromatic carbocycles. The summed E-state index contributed by atoms with van der Waals surface area (Å²) in [4.78, 5) is 0. The Bertz CT molecular complexity index is 918. The van der Waals surface area contributed by atoms with E-state index in [2.05, 4.69) is 0 Å². The maximum atomic E-state index is 9.26. The maximum Gasteiger partial charge on any atom is 0.146 e. The van der Waals surface area contributed by atoms with Crippen LogP contribution in [-0.2, 0) is 0 Å². The van der Waals surface area contributed by atoms with Crippen LogP contribution in [0.25, 0.3) is 11.1 Å². The highest BCUT2D eigenvalue weighted by atomic mass is 16.5. The van der Waals surface area contributed by atoms with Gasteiger partial charge in [0.15, 0.2) is 0 Å². The van der Waals surface area contributed by atoms with Gasteiger partial charge in [-0.2, -0.15) is 10.5 Å². The van der Waals surface area contributed by atoms with Gasteiger partial charge in [-0.1, -0.05) is 48.5 Å². The van der Waals surface area contributed by atoms with Gasteiger partial charge in [0.25, 0.3) is 0 Å². The molecule has 0 bridgehead atoms. The SMILES string of the molecule is N#Cc1cccc(Oc2cccc(-c3ccccc3)c2)c1C#N. The van der Waals surface area contributed by atoms with Gasteiger partial charge in [0.2, 0.25) is 0 Å². The molecule has 0 unspecified atom stereocenters. The highest BCUT2D eigenvalue weighted by Gasteiger charge is 2.10. The molecule has 0 radical (unpaired) electrons. The molecule has 0 aromatic heterocycles. The van der Waals surface area contributed by atoms with Gasteiger partial charge in [-0.3, -0.25) is 0 Å². The van der Waals surface area contributed by atoms with E-state index in [1.165, 1.54) is 0 Å². The van der Waals surface area contributed by atoms with Crippen molar-refractivity contribution in [3.63, 3.8) is 0 Å². The molecular formula is C20H12N2O. The summed E-state index contributed by atoms with van der Waals surface area (Å²) in [6, 6.07) is 26.7. The molecule has 3 heteroatoms. The van der Waals surface area contributed by atoms with Crippen molar-refractivity contribution >= 4 is 0 Å². The van der Waals surface area contributed by atoms with Gasteiger partial charge in [0.1, 0.15) is 29.2 Å². The zero-order valence-electron chi connectivity index (χ0n) is 12.2. The number of rotatable bonds is 3. The standard InChI is InChI=1S/C20H12N2O/c21-13-17-9-5-11-20(19(17)14-22)23-18-10-4-8-16(12-18)15-6-2-1-3-7-15/h1-12H. The largest absolute Gasteiger partial charge is 0.456 e. The molecule has 0 aliphatic heterocycles. The third-order valence-corrected chi connectivity index (χ3v) is 3.43. The van der Waals surface area contributed by atoms with E-state index in [0.717, 1.165) is 11.1 Å². The van der Waals surface area contributed by atoms with Crippen molar-refractivity contribution in [2.24, 2.45) is 0 Å². The van der Waals surface area contributed by atoms with Crippen LogP contribution in [0.1, 0.15) is 11.1 Å². The van der Waals surface area contributed by atoms with Crippen LogP contribution in [0.3, 0.4) is 0 Å². The number of nitrogens with zero attached hydrogens (tertiary/aromatic N) is 2. The van der Waals surface area contributed by atoms with Crippen molar-refractivity contribution in [1.82, 2.24) is 0 Å². The fourth-order valence-corrected chi connectivity index (χ4v) is 2.32. The molecule has 0 N–H and O–H groups in total. The Kier molecular flexibility index (Phi) is 4.05. The first-order valence-corrected chi connectivity index (χ1v) is 7.08. The van der Waals surface area contributed by atoms with Crippen molar-refractivity contribution < 1.29 is 4.74 Å². The van der Waals surface area contributed by atoms with Crippen LogP contribution >= 0.6 is 0 Å². The van der Waals surface area contributed by atoms with Crippen LogP contribution in [0.5, 0.6) is 11.5 Å². The summed E-state index contributed by atoms with van der Waals surface area (Å²) in [6.45, 7) is 0. The molecule has 3 rings (SSSR count). The number of hydrogen-bond donors (Lipinski definition) is 0. The van der Waals surface area contributed by atoms with Gasteiger partial charge < -0.3 is 4.74 Å². The minimum atomic E-state index is 0.250. The summed E-state index contributed by atoms with van der Waals surface area (Å²) < 4.78 is 5.83. The van der Waals surface area contributed by atoms with Crippen molar-refractivity contribution in [2.45, 2.75) is 0 Å². The predicted molar refractivity (Wildman–Crippen MR) is 87.8 cm³/mol. The van der Waals surface area contributed by atoms with Gasteiger partial charge >= 0.3 is 0 Å². The second kappa shape index (κ2) is 6.47. The Hall–Kier alpha value is -3.56. The summed E-state index contributed by atoms with van der Waals surface area (Å²) in [7, 11) is 0. The molecule has 108 valence electrons. The van der Waals surface area contributed by atoms with Gasteiger partial charge in [0.05, 0.1) is 5.56 Å².